The smallest absolute Gasteiger partial charge is 0.213 e. The van der Waals surface area contributed by atoms with Crippen molar-refractivity contribution in [3.8, 4) is 0 Å². The normalized spacial score (nSPS) is 10.6. The molecule has 0 radical (unpaired) electrons. The van der Waals surface area contributed by atoms with Gasteiger partial charge < -0.3 is 0 Å². The first-order valence-corrected chi connectivity index (χ1v) is 5.38. The molecule has 0 atom stereocenters. The molecule has 15 heavy (non-hydrogen) atoms. The van der Waals surface area contributed by atoms with E-state index in [4.69, 9.17) is 11.6 Å². The number of aromatic nitrogens is 5. The molecule has 0 amide bonds. The number of tetrazole rings is 1. The maximum atomic E-state index is 5.81. The maximum absolute atomic E-state index is 5.81. The molecule has 0 aliphatic rings. The summed E-state index contributed by atoms with van der Waals surface area (Å²) >= 11 is 7.28. The van der Waals surface area contributed by atoms with Crippen LogP contribution >= 0.6 is 23.4 Å². The molecule has 0 aliphatic heterocycles. The predicted octanol–water partition coefficient (Wildman–Crippen LogP) is 1.72. The highest BCUT2D eigenvalue weighted by atomic mass is 35.5. The topological polar surface area (TPSA) is 56.5 Å². The van der Waals surface area contributed by atoms with Crippen LogP contribution in [-0.4, -0.2) is 25.2 Å². The van der Waals surface area contributed by atoms with Crippen molar-refractivity contribution in [1.82, 2.24) is 25.2 Å². The number of rotatable bonds is 2. The molecule has 2 heterocycles. The van der Waals surface area contributed by atoms with Crippen LogP contribution < -0.4 is 0 Å². The molecule has 78 valence electrons. The summed E-state index contributed by atoms with van der Waals surface area (Å²) in [6.45, 7) is 1.97. The van der Waals surface area contributed by atoms with Crippen LogP contribution in [0.15, 0.2) is 22.3 Å². The van der Waals surface area contributed by atoms with Gasteiger partial charge in [0.05, 0.1) is 0 Å². The van der Waals surface area contributed by atoms with E-state index < -0.39 is 0 Å². The molecule has 2 aromatic rings. The summed E-state index contributed by atoms with van der Waals surface area (Å²) in [5.74, 6) is 0. The zero-order valence-electron chi connectivity index (χ0n) is 8.18. The Balaban J connectivity index is 2.32. The fourth-order valence-corrected chi connectivity index (χ4v) is 2.05. The Labute approximate surface area is 95.8 Å². The van der Waals surface area contributed by atoms with Gasteiger partial charge in [-0.3, -0.25) is 0 Å². The van der Waals surface area contributed by atoms with Crippen molar-refractivity contribution in [3.05, 3.63) is 23.0 Å². The summed E-state index contributed by atoms with van der Waals surface area (Å²) in [5, 5.41) is 12.4. The standard InChI is InChI=1S/C8H8ClN5S/c1-5-4-10-7(9)3-6(5)15-8-11-12-13-14(8)2/h3-4H,1-2H3. The first-order chi connectivity index (χ1) is 7.16. The first-order valence-electron chi connectivity index (χ1n) is 4.19. The summed E-state index contributed by atoms with van der Waals surface area (Å²) < 4.78 is 1.61. The van der Waals surface area contributed by atoms with E-state index in [0.717, 1.165) is 15.6 Å². The van der Waals surface area contributed by atoms with Crippen LogP contribution in [0.5, 0.6) is 0 Å². The summed E-state index contributed by atoms with van der Waals surface area (Å²) in [6, 6.07) is 1.80. The van der Waals surface area contributed by atoms with Crippen LogP contribution in [-0.2, 0) is 7.05 Å². The van der Waals surface area contributed by atoms with Gasteiger partial charge >= 0.3 is 0 Å². The van der Waals surface area contributed by atoms with Crippen LogP contribution in [0.3, 0.4) is 0 Å². The van der Waals surface area contributed by atoms with Crippen molar-refractivity contribution in [3.63, 3.8) is 0 Å². The Bertz CT molecular complexity index is 484. The number of halogens is 1. The van der Waals surface area contributed by atoms with Crippen molar-refractivity contribution in [2.24, 2.45) is 7.05 Å². The lowest BCUT2D eigenvalue weighted by atomic mass is 10.3. The molecule has 2 aromatic heterocycles. The highest BCUT2D eigenvalue weighted by molar-refractivity contribution is 7.99. The molecular weight excluding hydrogens is 234 g/mol. The van der Waals surface area contributed by atoms with Gasteiger partial charge in [-0.1, -0.05) is 11.6 Å². The minimum Gasteiger partial charge on any atom is -0.244 e. The van der Waals surface area contributed by atoms with Crippen LogP contribution in [0.25, 0.3) is 0 Å². The van der Waals surface area contributed by atoms with E-state index in [1.807, 2.05) is 6.92 Å². The fraction of sp³-hybridized carbons (Fsp3) is 0.250. The van der Waals surface area contributed by atoms with Crippen LogP contribution in [0.1, 0.15) is 5.56 Å². The molecule has 0 unspecified atom stereocenters. The average molecular weight is 242 g/mol. The Morgan fingerprint density at radius 3 is 2.93 bits per heavy atom. The minimum absolute atomic E-state index is 0.471. The van der Waals surface area contributed by atoms with E-state index in [1.54, 1.807) is 24.0 Å². The average Bonchev–Trinajstić information content (AvgIpc) is 2.58. The third-order valence-corrected chi connectivity index (χ3v) is 3.20. The van der Waals surface area contributed by atoms with E-state index in [9.17, 15) is 0 Å². The second-order valence-electron chi connectivity index (χ2n) is 2.96. The maximum Gasteiger partial charge on any atom is 0.213 e. The van der Waals surface area contributed by atoms with Crippen molar-refractivity contribution in [1.29, 1.82) is 0 Å². The Morgan fingerprint density at radius 2 is 2.27 bits per heavy atom. The molecule has 0 aromatic carbocycles. The number of aryl methyl sites for hydroxylation is 2. The van der Waals surface area contributed by atoms with Gasteiger partial charge in [-0.05, 0) is 40.7 Å². The molecule has 2 rings (SSSR count). The van der Waals surface area contributed by atoms with Crippen LogP contribution in [0.2, 0.25) is 5.15 Å². The van der Waals surface area contributed by atoms with Gasteiger partial charge in [0, 0.05) is 18.1 Å². The summed E-state index contributed by atoms with van der Waals surface area (Å²) in [6.07, 6.45) is 1.73. The van der Waals surface area contributed by atoms with Crippen molar-refractivity contribution < 1.29 is 0 Å². The van der Waals surface area contributed by atoms with E-state index >= 15 is 0 Å². The largest absolute Gasteiger partial charge is 0.244 e. The highest BCUT2D eigenvalue weighted by Crippen LogP contribution is 2.28. The van der Waals surface area contributed by atoms with Crippen LogP contribution in [0, 0.1) is 6.92 Å². The first kappa shape index (κ1) is 10.4. The van der Waals surface area contributed by atoms with Gasteiger partial charge in [0.25, 0.3) is 0 Å². The third-order valence-electron chi connectivity index (χ3n) is 1.80. The SMILES string of the molecule is Cc1cnc(Cl)cc1Sc1nnnn1C. The lowest BCUT2D eigenvalue weighted by Crippen LogP contribution is -1.93. The zero-order chi connectivity index (χ0) is 10.8. The van der Waals surface area contributed by atoms with Gasteiger partial charge in [-0.2, -0.15) is 0 Å². The zero-order valence-corrected chi connectivity index (χ0v) is 9.75. The molecule has 0 fully saturated rings. The molecular formula is C8H8ClN5S. The van der Waals surface area contributed by atoms with E-state index in [-0.39, 0.29) is 0 Å². The predicted molar refractivity (Wildman–Crippen MR) is 56.9 cm³/mol. The number of hydrogen-bond acceptors (Lipinski definition) is 5. The summed E-state index contributed by atoms with van der Waals surface area (Å²) in [4.78, 5) is 4.99. The van der Waals surface area contributed by atoms with Gasteiger partial charge in [-0.25, -0.2) is 9.67 Å². The molecule has 7 heteroatoms. The molecule has 5 nitrogen and oxygen atoms in total. The molecule has 0 N–H and O–H groups in total. The second kappa shape index (κ2) is 4.16. The van der Waals surface area contributed by atoms with Crippen LogP contribution in [0.4, 0.5) is 0 Å². The van der Waals surface area contributed by atoms with Gasteiger partial charge in [0.1, 0.15) is 5.15 Å². The Hall–Kier alpha value is -1.14. The van der Waals surface area contributed by atoms with E-state index in [2.05, 4.69) is 20.5 Å². The number of pyridine rings is 1. The molecule has 0 bridgehead atoms. The van der Waals surface area contributed by atoms with Gasteiger partial charge in [0.2, 0.25) is 5.16 Å². The quantitative estimate of drug-likeness (QED) is 0.750. The van der Waals surface area contributed by atoms with Gasteiger partial charge in [-0.15, -0.1) is 5.10 Å². The summed E-state index contributed by atoms with van der Waals surface area (Å²) in [7, 11) is 1.79. The molecule has 0 spiro atoms. The number of nitrogens with zero attached hydrogens (tertiary/aromatic N) is 5. The van der Waals surface area contributed by atoms with Gasteiger partial charge in [0.15, 0.2) is 0 Å². The highest BCUT2D eigenvalue weighted by Gasteiger charge is 2.07. The lowest BCUT2D eigenvalue weighted by molar-refractivity contribution is 0.664. The number of hydrogen-bond donors (Lipinski definition) is 0. The second-order valence-corrected chi connectivity index (χ2v) is 4.36. The summed E-state index contributed by atoms with van der Waals surface area (Å²) in [5.41, 5.74) is 1.05. The monoisotopic (exact) mass is 241 g/mol. The van der Waals surface area contributed by atoms with Crippen molar-refractivity contribution in [2.45, 2.75) is 17.0 Å². The van der Waals surface area contributed by atoms with Crippen molar-refractivity contribution >= 4 is 23.4 Å². The van der Waals surface area contributed by atoms with E-state index in [1.165, 1.54) is 11.8 Å². The third kappa shape index (κ3) is 2.27. The van der Waals surface area contributed by atoms with E-state index in [0.29, 0.717) is 5.15 Å². The fourth-order valence-electron chi connectivity index (χ4n) is 0.997. The minimum atomic E-state index is 0.471. The molecule has 0 aliphatic carbocycles. The Morgan fingerprint density at radius 1 is 1.47 bits per heavy atom. The van der Waals surface area contributed by atoms with Crippen molar-refractivity contribution in [2.75, 3.05) is 0 Å². The Kier molecular flexibility index (Phi) is 2.88. The molecule has 0 saturated carbocycles. The lowest BCUT2D eigenvalue weighted by Gasteiger charge is -2.03. The molecule has 0 saturated heterocycles.